The molecule has 0 aliphatic carbocycles. The van der Waals surface area contributed by atoms with Gasteiger partial charge in [0.05, 0.1) is 17.9 Å². The lowest BCUT2D eigenvalue weighted by molar-refractivity contribution is 0.0526. The molecule has 0 aliphatic rings. The Morgan fingerprint density at radius 2 is 1.59 bits per heavy atom. The zero-order valence-corrected chi connectivity index (χ0v) is 18.9. The molecule has 0 aliphatic heterocycles. The van der Waals surface area contributed by atoms with E-state index in [9.17, 15) is 9.59 Å². The SMILES string of the molecule is CCOC(=O)c1ccc(NC(=O)c2cccc(Nc3cc(-c4ccccc4)nc(C)n3)c2)cc1. The predicted octanol–water partition coefficient (Wildman–Crippen LogP) is 5.62. The summed E-state index contributed by atoms with van der Waals surface area (Å²) in [4.78, 5) is 33.6. The second-order valence-corrected chi connectivity index (χ2v) is 7.51. The van der Waals surface area contributed by atoms with Gasteiger partial charge < -0.3 is 15.4 Å². The molecule has 0 spiro atoms. The fraction of sp³-hybridized carbons (Fsp3) is 0.111. The van der Waals surface area contributed by atoms with E-state index >= 15 is 0 Å². The lowest BCUT2D eigenvalue weighted by Crippen LogP contribution is -2.12. The Bertz CT molecular complexity index is 1310. The smallest absolute Gasteiger partial charge is 0.338 e. The van der Waals surface area contributed by atoms with E-state index < -0.39 is 5.97 Å². The first-order valence-electron chi connectivity index (χ1n) is 10.9. The molecule has 0 radical (unpaired) electrons. The maximum absolute atomic E-state index is 12.8. The van der Waals surface area contributed by atoms with Crippen molar-refractivity contribution in [1.29, 1.82) is 0 Å². The van der Waals surface area contributed by atoms with Crippen molar-refractivity contribution in [3.05, 3.63) is 102 Å². The largest absolute Gasteiger partial charge is 0.462 e. The summed E-state index contributed by atoms with van der Waals surface area (Å²) in [6.45, 7) is 3.90. The molecule has 0 saturated carbocycles. The number of carbonyl (C=O) groups excluding carboxylic acids is 2. The van der Waals surface area contributed by atoms with Crippen LogP contribution in [0.3, 0.4) is 0 Å². The van der Waals surface area contributed by atoms with Crippen molar-refractivity contribution in [2.75, 3.05) is 17.2 Å². The maximum Gasteiger partial charge on any atom is 0.338 e. The molecular formula is C27H24N4O3. The Kier molecular flexibility index (Phi) is 6.93. The molecule has 2 N–H and O–H groups in total. The van der Waals surface area contributed by atoms with E-state index in [2.05, 4.69) is 20.6 Å². The molecule has 7 nitrogen and oxygen atoms in total. The lowest BCUT2D eigenvalue weighted by atomic mass is 10.1. The third-order valence-electron chi connectivity index (χ3n) is 4.96. The van der Waals surface area contributed by atoms with Gasteiger partial charge in [-0.15, -0.1) is 0 Å². The standard InChI is InChI=1S/C27H24N4O3/c1-3-34-27(33)20-12-14-22(15-13-20)31-26(32)21-10-7-11-23(16-21)30-25-17-24(28-18(2)29-25)19-8-5-4-6-9-19/h4-17H,3H2,1-2H3,(H,31,32)(H,28,29,30). The van der Waals surface area contributed by atoms with Gasteiger partial charge in [-0.2, -0.15) is 0 Å². The average Bonchev–Trinajstić information content (AvgIpc) is 2.85. The van der Waals surface area contributed by atoms with Crippen LogP contribution in [-0.4, -0.2) is 28.5 Å². The summed E-state index contributed by atoms with van der Waals surface area (Å²) in [7, 11) is 0. The molecule has 0 bridgehead atoms. The third-order valence-corrected chi connectivity index (χ3v) is 4.96. The number of rotatable bonds is 7. The van der Waals surface area contributed by atoms with E-state index in [0.717, 1.165) is 16.9 Å². The van der Waals surface area contributed by atoms with Crippen molar-refractivity contribution >= 4 is 29.1 Å². The molecule has 4 aromatic rings. The van der Waals surface area contributed by atoms with Crippen LogP contribution in [0.4, 0.5) is 17.2 Å². The van der Waals surface area contributed by atoms with Gasteiger partial charge in [-0.05, 0) is 56.3 Å². The number of hydrogen-bond acceptors (Lipinski definition) is 6. The number of aromatic nitrogens is 2. The first kappa shape index (κ1) is 22.7. The minimum Gasteiger partial charge on any atom is -0.462 e. The van der Waals surface area contributed by atoms with Gasteiger partial charge in [0.2, 0.25) is 0 Å². The maximum atomic E-state index is 12.8. The molecular weight excluding hydrogens is 428 g/mol. The highest BCUT2D eigenvalue weighted by Crippen LogP contribution is 2.23. The van der Waals surface area contributed by atoms with Crippen molar-refractivity contribution < 1.29 is 14.3 Å². The summed E-state index contributed by atoms with van der Waals surface area (Å²) in [5.41, 5.74) is 4.03. The number of aryl methyl sites for hydroxylation is 1. The van der Waals surface area contributed by atoms with Crippen molar-refractivity contribution in [1.82, 2.24) is 9.97 Å². The molecule has 3 aromatic carbocycles. The van der Waals surface area contributed by atoms with Crippen molar-refractivity contribution in [2.45, 2.75) is 13.8 Å². The molecule has 0 saturated heterocycles. The number of nitrogens with one attached hydrogen (secondary N) is 2. The van der Waals surface area contributed by atoms with E-state index in [4.69, 9.17) is 4.74 Å². The molecule has 0 atom stereocenters. The van der Waals surface area contributed by atoms with Crippen LogP contribution in [0.2, 0.25) is 0 Å². The number of benzene rings is 3. The monoisotopic (exact) mass is 452 g/mol. The second-order valence-electron chi connectivity index (χ2n) is 7.51. The van der Waals surface area contributed by atoms with Crippen LogP contribution in [0.15, 0.2) is 84.9 Å². The summed E-state index contributed by atoms with van der Waals surface area (Å²) >= 11 is 0. The van der Waals surface area contributed by atoms with E-state index in [0.29, 0.717) is 35.1 Å². The fourth-order valence-electron chi connectivity index (χ4n) is 3.38. The highest BCUT2D eigenvalue weighted by molar-refractivity contribution is 6.05. The minimum atomic E-state index is -0.394. The lowest BCUT2D eigenvalue weighted by Gasteiger charge is -2.11. The van der Waals surface area contributed by atoms with Crippen LogP contribution in [0, 0.1) is 6.92 Å². The quantitative estimate of drug-likeness (QED) is 0.353. The van der Waals surface area contributed by atoms with Crippen molar-refractivity contribution in [2.24, 2.45) is 0 Å². The molecule has 1 aromatic heterocycles. The Labute approximate surface area is 197 Å². The van der Waals surface area contributed by atoms with Gasteiger partial charge >= 0.3 is 5.97 Å². The fourth-order valence-corrected chi connectivity index (χ4v) is 3.38. The van der Waals surface area contributed by atoms with Gasteiger partial charge in [0.15, 0.2) is 0 Å². The number of ether oxygens (including phenoxy) is 1. The average molecular weight is 453 g/mol. The molecule has 34 heavy (non-hydrogen) atoms. The number of nitrogens with zero attached hydrogens (tertiary/aromatic N) is 2. The zero-order chi connectivity index (χ0) is 23.9. The zero-order valence-electron chi connectivity index (χ0n) is 18.9. The van der Waals surface area contributed by atoms with Gasteiger partial charge in [-0.1, -0.05) is 36.4 Å². The van der Waals surface area contributed by atoms with Gasteiger partial charge in [0.1, 0.15) is 11.6 Å². The van der Waals surface area contributed by atoms with E-state index in [1.165, 1.54) is 0 Å². The summed E-state index contributed by atoms with van der Waals surface area (Å²) in [6, 6.07) is 25.5. The van der Waals surface area contributed by atoms with Crippen LogP contribution in [0.1, 0.15) is 33.5 Å². The highest BCUT2D eigenvalue weighted by atomic mass is 16.5. The topological polar surface area (TPSA) is 93.2 Å². The van der Waals surface area contributed by atoms with Crippen LogP contribution in [0.25, 0.3) is 11.3 Å². The predicted molar refractivity (Wildman–Crippen MR) is 132 cm³/mol. The molecule has 1 amide bonds. The highest BCUT2D eigenvalue weighted by Gasteiger charge is 2.10. The molecule has 0 unspecified atom stereocenters. The van der Waals surface area contributed by atoms with Crippen LogP contribution >= 0.6 is 0 Å². The van der Waals surface area contributed by atoms with E-state index in [1.54, 1.807) is 49.4 Å². The van der Waals surface area contributed by atoms with E-state index in [1.807, 2.05) is 49.4 Å². The van der Waals surface area contributed by atoms with Crippen LogP contribution in [0.5, 0.6) is 0 Å². The summed E-state index contributed by atoms with van der Waals surface area (Å²) < 4.78 is 4.98. The molecule has 7 heteroatoms. The van der Waals surface area contributed by atoms with Gasteiger partial charge in [0.25, 0.3) is 5.91 Å². The van der Waals surface area contributed by atoms with Crippen LogP contribution in [-0.2, 0) is 4.74 Å². The first-order valence-corrected chi connectivity index (χ1v) is 10.9. The molecule has 170 valence electrons. The third kappa shape index (κ3) is 5.63. The number of esters is 1. The molecule has 4 rings (SSSR count). The summed E-state index contributed by atoms with van der Waals surface area (Å²) in [5, 5.41) is 6.11. The molecule has 1 heterocycles. The van der Waals surface area contributed by atoms with Gasteiger partial charge in [-0.3, -0.25) is 4.79 Å². The van der Waals surface area contributed by atoms with E-state index in [-0.39, 0.29) is 5.91 Å². The minimum absolute atomic E-state index is 0.267. The molecule has 0 fully saturated rings. The first-order chi connectivity index (χ1) is 16.5. The van der Waals surface area contributed by atoms with Gasteiger partial charge in [-0.25, -0.2) is 14.8 Å². The normalized spacial score (nSPS) is 10.4. The Morgan fingerprint density at radius 3 is 2.32 bits per heavy atom. The Hall–Kier alpha value is -4.52. The number of amides is 1. The van der Waals surface area contributed by atoms with Crippen LogP contribution < -0.4 is 10.6 Å². The summed E-state index contributed by atoms with van der Waals surface area (Å²) in [5.74, 6) is 0.619. The summed E-state index contributed by atoms with van der Waals surface area (Å²) in [6.07, 6.45) is 0. The Morgan fingerprint density at radius 1 is 0.824 bits per heavy atom. The number of hydrogen-bond donors (Lipinski definition) is 2. The number of anilines is 3. The number of carbonyl (C=O) groups is 2. The Balaban J connectivity index is 1.47. The van der Waals surface area contributed by atoms with Crippen molar-refractivity contribution in [3.63, 3.8) is 0 Å². The second kappa shape index (κ2) is 10.4. The van der Waals surface area contributed by atoms with Gasteiger partial charge in [0, 0.05) is 28.6 Å². The van der Waals surface area contributed by atoms with Crippen molar-refractivity contribution in [3.8, 4) is 11.3 Å².